The van der Waals surface area contributed by atoms with Crippen LogP contribution in [0.5, 0.6) is 0 Å². The van der Waals surface area contributed by atoms with Gasteiger partial charge < -0.3 is 14.5 Å². The van der Waals surface area contributed by atoms with Gasteiger partial charge >= 0.3 is 5.97 Å². The number of aryl methyl sites for hydroxylation is 1. The molecule has 124 valence electrons. The minimum atomic E-state index is -0.412. The highest BCUT2D eigenvalue weighted by atomic mass is 16.5. The van der Waals surface area contributed by atoms with Crippen molar-refractivity contribution in [1.29, 1.82) is 0 Å². The fourth-order valence-electron chi connectivity index (χ4n) is 2.69. The van der Waals surface area contributed by atoms with Crippen LogP contribution in [0.15, 0.2) is 34.9 Å². The van der Waals surface area contributed by atoms with E-state index in [4.69, 9.17) is 9.15 Å². The van der Waals surface area contributed by atoms with E-state index in [0.717, 1.165) is 6.42 Å². The normalized spacial score (nSPS) is 13.3. The topological polar surface area (TPSA) is 85.6 Å². The van der Waals surface area contributed by atoms with Crippen LogP contribution in [0.2, 0.25) is 0 Å². The maximum absolute atomic E-state index is 12.4. The van der Waals surface area contributed by atoms with Crippen LogP contribution in [0.25, 0.3) is 0 Å². The van der Waals surface area contributed by atoms with E-state index in [2.05, 4.69) is 5.32 Å². The number of benzene rings is 1. The summed E-state index contributed by atoms with van der Waals surface area (Å²) in [7, 11) is 0. The molecule has 0 saturated heterocycles. The van der Waals surface area contributed by atoms with Crippen molar-refractivity contribution in [3.05, 3.63) is 53.0 Å². The molecule has 2 aromatic rings. The summed E-state index contributed by atoms with van der Waals surface area (Å²) in [6.07, 6.45) is 3.18. The van der Waals surface area contributed by atoms with Gasteiger partial charge in [-0.1, -0.05) is 0 Å². The fourth-order valence-corrected chi connectivity index (χ4v) is 2.69. The number of esters is 1. The number of anilines is 1. The molecule has 0 bridgehead atoms. The van der Waals surface area contributed by atoms with Crippen LogP contribution in [-0.4, -0.2) is 24.3 Å². The Labute approximate surface area is 138 Å². The van der Waals surface area contributed by atoms with Crippen LogP contribution in [0, 0.1) is 0 Å². The highest BCUT2D eigenvalue weighted by Crippen LogP contribution is 2.27. The lowest BCUT2D eigenvalue weighted by Gasteiger charge is -2.10. The van der Waals surface area contributed by atoms with Crippen molar-refractivity contribution in [1.82, 2.24) is 0 Å². The number of fused-ring (bicyclic) bond motifs is 1. The molecule has 1 aliphatic rings. The molecule has 6 nitrogen and oxygen atoms in total. The summed E-state index contributed by atoms with van der Waals surface area (Å²) in [6.45, 7) is 2.04. The zero-order valence-corrected chi connectivity index (χ0v) is 13.3. The number of ketones is 1. The Morgan fingerprint density at radius 2 is 1.96 bits per heavy atom. The van der Waals surface area contributed by atoms with Gasteiger partial charge in [-0.25, -0.2) is 4.79 Å². The summed E-state index contributed by atoms with van der Waals surface area (Å²) >= 11 is 0. The Hall–Kier alpha value is -2.89. The molecule has 0 spiro atoms. The molecule has 0 atom stereocenters. The summed E-state index contributed by atoms with van der Waals surface area (Å²) in [5, 5.41) is 2.71. The number of rotatable bonds is 4. The summed E-state index contributed by atoms with van der Waals surface area (Å²) in [5.74, 6) is -0.300. The van der Waals surface area contributed by atoms with Gasteiger partial charge in [-0.2, -0.15) is 0 Å². The number of ether oxygens (including phenoxy) is 1. The van der Waals surface area contributed by atoms with Gasteiger partial charge in [0.2, 0.25) is 0 Å². The van der Waals surface area contributed by atoms with Crippen molar-refractivity contribution in [3.63, 3.8) is 0 Å². The van der Waals surface area contributed by atoms with E-state index in [1.54, 1.807) is 31.2 Å². The third kappa shape index (κ3) is 3.08. The lowest BCUT2D eigenvalue weighted by Crippen LogP contribution is -2.17. The van der Waals surface area contributed by atoms with Crippen LogP contribution < -0.4 is 5.32 Å². The highest BCUT2D eigenvalue weighted by molar-refractivity contribution is 6.13. The van der Waals surface area contributed by atoms with E-state index >= 15 is 0 Å². The predicted octanol–water partition coefficient (Wildman–Crippen LogP) is 3.23. The average molecular weight is 327 g/mol. The maximum atomic E-state index is 12.4. The Kier molecular flexibility index (Phi) is 4.46. The number of nitrogens with one attached hydrogen (secondary N) is 1. The number of carbonyl (C=O) groups is 3. The zero-order chi connectivity index (χ0) is 17.1. The van der Waals surface area contributed by atoms with E-state index in [0.29, 0.717) is 42.0 Å². The van der Waals surface area contributed by atoms with Crippen LogP contribution in [0.3, 0.4) is 0 Å². The molecular formula is C18H17NO5. The Morgan fingerprint density at radius 1 is 1.21 bits per heavy atom. The van der Waals surface area contributed by atoms with E-state index in [1.165, 1.54) is 6.26 Å². The van der Waals surface area contributed by atoms with E-state index in [9.17, 15) is 14.4 Å². The Balaban J connectivity index is 1.75. The molecule has 1 aromatic heterocycles. The molecule has 1 N–H and O–H groups in total. The van der Waals surface area contributed by atoms with Gasteiger partial charge in [0.25, 0.3) is 5.91 Å². The molecule has 0 fully saturated rings. The SMILES string of the molecule is CCOC(=O)c1ccc(NC(=O)c2coc3c2C(=O)CCC3)cc1. The van der Waals surface area contributed by atoms with Crippen molar-refractivity contribution < 1.29 is 23.5 Å². The first kappa shape index (κ1) is 16.0. The Bertz CT molecular complexity index is 788. The van der Waals surface area contributed by atoms with E-state index in [1.807, 2.05) is 0 Å². The van der Waals surface area contributed by atoms with Crippen molar-refractivity contribution in [2.24, 2.45) is 0 Å². The first-order valence-electron chi connectivity index (χ1n) is 7.82. The zero-order valence-electron chi connectivity index (χ0n) is 13.3. The molecular weight excluding hydrogens is 310 g/mol. The first-order valence-corrected chi connectivity index (χ1v) is 7.82. The predicted molar refractivity (Wildman–Crippen MR) is 86.3 cm³/mol. The van der Waals surface area contributed by atoms with E-state index in [-0.39, 0.29) is 11.3 Å². The summed E-state index contributed by atoms with van der Waals surface area (Å²) in [5.41, 5.74) is 1.57. The quantitative estimate of drug-likeness (QED) is 0.871. The number of furan rings is 1. The lowest BCUT2D eigenvalue weighted by molar-refractivity contribution is 0.0526. The second-order valence-corrected chi connectivity index (χ2v) is 5.48. The summed E-state index contributed by atoms with van der Waals surface area (Å²) in [6, 6.07) is 6.37. The molecule has 1 aliphatic carbocycles. The number of hydrogen-bond acceptors (Lipinski definition) is 5. The molecule has 1 amide bonds. The van der Waals surface area contributed by atoms with Crippen LogP contribution in [0.4, 0.5) is 5.69 Å². The summed E-state index contributed by atoms with van der Waals surface area (Å²) in [4.78, 5) is 36.0. The molecule has 0 unspecified atom stereocenters. The molecule has 1 aromatic carbocycles. The highest BCUT2D eigenvalue weighted by Gasteiger charge is 2.27. The van der Waals surface area contributed by atoms with Gasteiger partial charge in [0.05, 0.1) is 23.3 Å². The van der Waals surface area contributed by atoms with Crippen molar-refractivity contribution in [2.45, 2.75) is 26.2 Å². The molecule has 1 heterocycles. The monoisotopic (exact) mass is 327 g/mol. The van der Waals surface area contributed by atoms with Crippen LogP contribution in [-0.2, 0) is 11.2 Å². The Morgan fingerprint density at radius 3 is 2.67 bits per heavy atom. The van der Waals surface area contributed by atoms with Crippen molar-refractivity contribution >= 4 is 23.3 Å². The second-order valence-electron chi connectivity index (χ2n) is 5.48. The number of carbonyl (C=O) groups excluding carboxylic acids is 3. The van der Waals surface area contributed by atoms with Crippen molar-refractivity contribution in [3.8, 4) is 0 Å². The van der Waals surface area contributed by atoms with Gasteiger partial charge in [0.15, 0.2) is 5.78 Å². The van der Waals surface area contributed by atoms with Gasteiger partial charge in [0.1, 0.15) is 12.0 Å². The van der Waals surface area contributed by atoms with Gasteiger partial charge in [-0.05, 0) is 37.6 Å². The minimum Gasteiger partial charge on any atom is -0.468 e. The standard InChI is InChI=1S/C18H17NO5/c1-2-23-18(22)11-6-8-12(9-7-11)19-17(21)13-10-24-15-5-3-4-14(20)16(13)15/h6-10H,2-5H2,1H3,(H,19,21). The molecule has 24 heavy (non-hydrogen) atoms. The molecule has 6 heteroatoms. The molecule has 0 saturated carbocycles. The van der Waals surface area contributed by atoms with E-state index < -0.39 is 11.9 Å². The summed E-state index contributed by atoms with van der Waals surface area (Å²) < 4.78 is 10.3. The molecule has 0 radical (unpaired) electrons. The third-order valence-corrected chi connectivity index (χ3v) is 3.85. The maximum Gasteiger partial charge on any atom is 0.338 e. The second kappa shape index (κ2) is 6.70. The minimum absolute atomic E-state index is 0.0622. The number of amides is 1. The van der Waals surface area contributed by atoms with Gasteiger partial charge in [0, 0.05) is 18.5 Å². The fraction of sp³-hybridized carbons (Fsp3) is 0.278. The van der Waals surface area contributed by atoms with Gasteiger partial charge in [-0.3, -0.25) is 9.59 Å². The number of hydrogen-bond donors (Lipinski definition) is 1. The van der Waals surface area contributed by atoms with Crippen LogP contribution in [0.1, 0.15) is 56.6 Å². The molecule has 0 aliphatic heterocycles. The lowest BCUT2D eigenvalue weighted by atomic mass is 9.94. The third-order valence-electron chi connectivity index (χ3n) is 3.85. The first-order chi connectivity index (χ1) is 11.6. The van der Waals surface area contributed by atoms with Crippen molar-refractivity contribution in [2.75, 3.05) is 11.9 Å². The molecule has 3 rings (SSSR count). The van der Waals surface area contributed by atoms with Gasteiger partial charge in [-0.15, -0.1) is 0 Å². The largest absolute Gasteiger partial charge is 0.468 e. The average Bonchev–Trinajstić information content (AvgIpc) is 3.01. The smallest absolute Gasteiger partial charge is 0.338 e. The number of Topliss-reactive ketones (excluding diaryl/α,β-unsaturated/α-hetero) is 1. The van der Waals surface area contributed by atoms with Crippen LogP contribution >= 0.6 is 0 Å².